The normalized spacial score (nSPS) is 16.9. The summed E-state index contributed by atoms with van der Waals surface area (Å²) >= 11 is 1.68. The first-order valence-electron chi connectivity index (χ1n) is 4.67. The molecule has 0 unspecified atom stereocenters. The number of aromatic nitrogens is 2. The van der Waals surface area contributed by atoms with Gasteiger partial charge in [0.1, 0.15) is 10.8 Å². The van der Waals surface area contributed by atoms with Gasteiger partial charge in [0, 0.05) is 13.1 Å². The van der Waals surface area contributed by atoms with Crippen LogP contribution in [-0.2, 0) is 0 Å². The molecule has 1 aromatic heterocycles. The van der Waals surface area contributed by atoms with E-state index in [1.165, 1.54) is 0 Å². The molecule has 0 saturated carbocycles. The molecule has 2 rings (SSSR count). The van der Waals surface area contributed by atoms with Crippen LogP contribution in [0.25, 0.3) is 0 Å². The highest BCUT2D eigenvalue weighted by Gasteiger charge is 2.25. The average molecular weight is 211 g/mol. The van der Waals surface area contributed by atoms with Crippen LogP contribution in [0, 0.1) is 0 Å². The van der Waals surface area contributed by atoms with E-state index < -0.39 is 0 Å². The van der Waals surface area contributed by atoms with Crippen LogP contribution in [0.15, 0.2) is 17.4 Å². The van der Waals surface area contributed by atoms with Crippen molar-refractivity contribution in [2.24, 2.45) is 0 Å². The van der Waals surface area contributed by atoms with Gasteiger partial charge in [-0.2, -0.15) is 0 Å². The van der Waals surface area contributed by atoms with Gasteiger partial charge in [0.15, 0.2) is 0 Å². The minimum absolute atomic E-state index is 0.195. The molecular weight excluding hydrogens is 198 g/mol. The Morgan fingerprint density at radius 2 is 2.36 bits per heavy atom. The SMILES string of the molecule is CCSc1cncc(N2CC(O)C2)n1. The Morgan fingerprint density at radius 3 is 3.00 bits per heavy atom. The molecule has 1 fully saturated rings. The number of thioether (sulfide) groups is 1. The topological polar surface area (TPSA) is 49.2 Å². The molecule has 76 valence electrons. The van der Waals surface area contributed by atoms with Crippen LogP contribution in [-0.4, -0.2) is 40.0 Å². The molecule has 1 saturated heterocycles. The molecule has 0 spiro atoms. The van der Waals surface area contributed by atoms with E-state index in [9.17, 15) is 0 Å². The van der Waals surface area contributed by atoms with E-state index in [1.807, 2.05) is 4.90 Å². The van der Waals surface area contributed by atoms with Gasteiger partial charge in [0.2, 0.25) is 0 Å². The second-order valence-corrected chi connectivity index (χ2v) is 4.49. The van der Waals surface area contributed by atoms with E-state index in [0.29, 0.717) is 13.1 Å². The first-order valence-corrected chi connectivity index (χ1v) is 5.66. The highest BCUT2D eigenvalue weighted by atomic mass is 32.2. The monoisotopic (exact) mass is 211 g/mol. The molecule has 0 amide bonds. The Kier molecular flexibility index (Phi) is 2.88. The molecule has 0 aliphatic carbocycles. The molecule has 4 nitrogen and oxygen atoms in total. The first-order chi connectivity index (χ1) is 6.79. The Morgan fingerprint density at radius 1 is 1.57 bits per heavy atom. The predicted octanol–water partition coefficient (Wildman–Crippen LogP) is 0.769. The number of hydrogen-bond donors (Lipinski definition) is 1. The molecule has 1 aliphatic heterocycles. The summed E-state index contributed by atoms with van der Waals surface area (Å²) in [6.07, 6.45) is 3.32. The van der Waals surface area contributed by atoms with Crippen molar-refractivity contribution in [3.63, 3.8) is 0 Å². The van der Waals surface area contributed by atoms with Crippen LogP contribution in [0.1, 0.15) is 6.92 Å². The summed E-state index contributed by atoms with van der Waals surface area (Å²) in [5.41, 5.74) is 0. The van der Waals surface area contributed by atoms with Crippen molar-refractivity contribution in [1.82, 2.24) is 9.97 Å². The Bertz CT molecular complexity index is 315. The van der Waals surface area contributed by atoms with Gasteiger partial charge in [0.25, 0.3) is 0 Å². The molecule has 2 heterocycles. The zero-order valence-electron chi connectivity index (χ0n) is 8.05. The third-order valence-electron chi connectivity index (χ3n) is 2.08. The van der Waals surface area contributed by atoms with Crippen molar-refractivity contribution in [1.29, 1.82) is 0 Å². The highest BCUT2D eigenvalue weighted by molar-refractivity contribution is 7.99. The Balaban J connectivity index is 2.06. The summed E-state index contributed by atoms with van der Waals surface area (Å²) < 4.78 is 0. The van der Waals surface area contributed by atoms with Crippen molar-refractivity contribution in [2.45, 2.75) is 18.1 Å². The van der Waals surface area contributed by atoms with Crippen molar-refractivity contribution < 1.29 is 5.11 Å². The molecule has 0 bridgehead atoms. The lowest BCUT2D eigenvalue weighted by atomic mass is 10.2. The van der Waals surface area contributed by atoms with E-state index in [2.05, 4.69) is 16.9 Å². The van der Waals surface area contributed by atoms with Gasteiger partial charge < -0.3 is 10.0 Å². The van der Waals surface area contributed by atoms with E-state index >= 15 is 0 Å². The maximum Gasteiger partial charge on any atom is 0.148 e. The van der Waals surface area contributed by atoms with Gasteiger partial charge in [-0.15, -0.1) is 11.8 Å². The van der Waals surface area contributed by atoms with Crippen molar-refractivity contribution in [3.8, 4) is 0 Å². The number of nitrogens with zero attached hydrogens (tertiary/aromatic N) is 3. The summed E-state index contributed by atoms with van der Waals surface area (Å²) in [6, 6.07) is 0. The molecular formula is C9H13N3OS. The summed E-state index contributed by atoms with van der Waals surface area (Å²) in [7, 11) is 0. The Labute approximate surface area is 87.4 Å². The lowest BCUT2D eigenvalue weighted by Gasteiger charge is -2.36. The molecule has 1 aromatic rings. The zero-order chi connectivity index (χ0) is 9.97. The van der Waals surface area contributed by atoms with Crippen LogP contribution in [0.2, 0.25) is 0 Å². The largest absolute Gasteiger partial charge is 0.389 e. The van der Waals surface area contributed by atoms with Crippen LogP contribution >= 0.6 is 11.8 Å². The predicted molar refractivity (Wildman–Crippen MR) is 56.6 cm³/mol. The minimum Gasteiger partial charge on any atom is -0.389 e. The summed E-state index contributed by atoms with van der Waals surface area (Å²) in [4.78, 5) is 10.6. The molecule has 0 atom stereocenters. The molecule has 1 aliphatic rings. The average Bonchev–Trinajstić information content (AvgIpc) is 2.14. The van der Waals surface area contributed by atoms with Crippen LogP contribution < -0.4 is 4.90 Å². The van der Waals surface area contributed by atoms with Crippen LogP contribution in [0.3, 0.4) is 0 Å². The quantitative estimate of drug-likeness (QED) is 0.748. The lowest BCUT2D eigenvalue weighted by Crippen LogP contribution is -2.51. The van der Waals surface area contributed by atoms with E-state index in [1.54, 1.807) is 24.2 Å². The summed E-state index contributed by atoms with van der Waals surface area (Å²) in [5, 5.41) is 10.1. The van der Waals surface area contributed by atoms with E-state index in [0.717, 1.165) is 16.6 Å². The van der Waals surface area contributed by atoms with E-state index in [4.69, 9.17) is 5.11 Å². The molecule has 0 aromatic carbocycles. The van der Waals surface area contributed by atoms with Gasteiger partial charge in [0.05, 0.1) is 18.5 Å². The number of aliphatic hydroxyl groups excluding tert-OH is 1. The van der Waals surface area contributed by atoms with Crippen molar-refractivity contribution >= 4 is 17.6 Å². The second-order valence-electron chi connectivity index (χ2n) is 3.21. The standard InChI is InChI=1S/C9H13N3OS/c1-2-14-9-4-10-3-8(11-9)12-5-7(13)6-12/h3-4,7,13H,2,5-6H2,1H3. The van der Waals surface area contributed by atoms with Gasteiger partial charge >= 0.3 is 0 Å². The number of rotatable bonds is 3. The van der Waals surface area contributed by atoms with Gasteiger partial charge in [-0.1, -0.05) is 6.92 Å². The molecule has 5 heteroatoms. The maximum atomic E-state index is 9.16. The highest BCUT2D eigenvalue weighted by Crippen LogP contribution is 2.21. The third-order valence-corrected chi connectivity index (χ3v) is 2.86. The second kappa shape index (κ2) is 4.14. The lowest BCUT2D eigenvalue weighted by molar-refractivity contribution is 0.141. The number of hydrogen-bond acceptors (Lipinski definition) is 5. The molecule has 1 N–H and O–H groups in total. The smallest absolute Gasteiger partial charge is 0.148 e. The first kappa shape index (κ1) is 9.73. The summed E-state index contributed by atoms with van der Waals surface area (Å²) in [6.45, 7) is 3.44. The van der Waals surface area contributed by atoms with Crippen LogP contribution in [0.5, 0.6) is 0 Å². The fourth-order valence-electron chi connectivity index (χ4n) is 1.35. The van der Waals surface area contributed by atoms with Crippen LogP contribution in [0.4, 0.5) is 5.82 Å². The number of anilines is 1. The van der Waals surface area contributed by atoms with Gasteiger partial charge in [-0.3, -0.25) is 4.98 Å². The zero-order valence-corrected chi connectivity index (χ0v) is 8.87. The van der Waals surface area contributed by atoms with Gasteiger partial charge in [-0.25, -0.2) is 4.98 Å². The van der Waals surface area contributed by atoms with Gasteiger partial charge in [-0.05, 0) is 5.75 Å². The number of aliphatic hydroxyl groups is 1. The Hall–Kier alpha value is -0.810. The fraction of sp³-hybridized carbons (Fsp3) is 0.556. The van der Waals surface area contributed by atoms with Crippen molar-refractivity contribution in [2.75, 3.05) is 23.7 Å². The maximum absolute atomic E-state index is 9.16. The summed E-state index contributed by atoms with van der Waals surface area (Å²) in [5.74, 6) is 1.87. The fourth-order valence-corrected chi connectivity index (χ4v) is 1.94. The minimum atomic E-state index is -0.195. The molecule has 14 heavy (non-hydrogen) atoms. The molecule has 0 radical (unpaired) electrons. The van der Waals surface area contributed by atoms with E-state index in [-0.39, 0.29) is 6.10 Å². The number of β-amino-alcohol motifs (C(OH)–C–C–N with tert-alkyl or cyclic N) is 1. The third kappa shape index (κ3) is 1.99. The van der Waals surface area contributed by atoms with Crippen molar-refractivity contribution in [3.05, 3.63) is 12.4 Å².